The number of likely N-dealkylation sites (tertiary alicyclic amines) is 1. The maximum absolute atomic E-state index is 13.6. The Morgan fingerprint density at radius 1 is 1.05 bits per heavy atom. The van der Waals surface area contributed by atoms with Gasteiger partial charge in [-0.3, -0.25) is 14.6 Å². The number of Topliss-reactive ketones (excluding diaryl/α,β-unsaturated/α-hetero) is 1. The molecule has 1 aliphatic carbocycles. The number of carbonyl (C=O) groups is 3. The van der Waals surface area contributed by atoms with Gasteiger partial charge in [0.15, 0.2) is 5.78 Å². The molecule has 1 spiro atoms. The third-order valence-electron chi connectivity index (χ3n) is 8.83. The van der Waals surface area contributed by atoms with Crippen LogP contribution in [0.4, 0.5) is 0 Å². The second-order valence-electron chi connectivity index (χ2n) is 11.7. The maximum Gasteiger partial charge on any atom is 0.339 e. The highest BCUT2D eigenvalue weighted by Gasteiger charge is 2.44. The number of piperidine rings is 1. The Morgan fingerprint density at radius 2 is 1.83 bits per heavy atom. The Morgan fingerprint density at radius 3 is 2.57 bits per heavy atom. The van der Waals surface area contributed by atoms with Gasteiger partial charge in [0.25, 0.3) is 5.91 Å². The summed E-state index contributed by atoms with van der Waals surface area (Å²) < 4.78 is 13.4. The first-order valence-electron chi connectivity index (χ1n) is 14.3. The number of ether oxygens (including phenoxy) is 2. The molecule has 1 saturated carbocycles. The smallest absolute Gasteiger partial charge is 0.339 e. The molecule has 214 valence electrons. The lowest BCUT2D eigenvalue weighted by Crippen LogP contribution is -2.52. The zero-order valence-corrected chi connectivity index (χ0v) is 23.6. The number of nitrogens with zero attached hydrogens (tertiary/aromatic N) is 3. The Bertz CT molecular complexity index is 1780. The van der Waals surface area contributed by atoms with Gasteiger partial charge in [0.05, 0.1) is 30.2 Å². The van der Waals surface area contributed by atoms with Crippen LogP contribution >= 0.6 is 0 Å². The summed E-state index contributed by atoms with van der Waals surface area (Å²) in [4.78, 5) is 44.8. The van der Waals surface area contributed by atoms with Crippen LogP contribution in [0.25, 0.3) is 22.0 Å². The number of methoxy groups -OCH3 is 1. The van der Waals surface area contributed by atoms with E-state index in [1.807, 2.05) is 19.1 Å². The van der Waals surface area contributed by atoms with Crippen LogP contribution in [0.1, 0.15) is 74.8 Å². The molecule has 1 N–H and O–H groups in total. The van der Waals surface area contributed by atoms with Gasteiger partial charge in [0, 0.05) is 67.1 Å². The van der Waals surface area contributed by atoms with Crippen molar-refractivity contribution in [2.75, 3.05) is 20.2 Å². The van der Waals surface area contributed by atoms with Crippen molar-refractivity contribution in [3.05, 3.63) is 77.2 Å². The normalized spacial score (nSPS) is 17.7. The lowest BCUT2D eigenvalue weighted by molar-refractivity contribution is -0.00572. The van der Waals surface area contributed by atoms with Gasteiger partial charge in [-0.1, -0.05) is 6.07 Å². The Kier molecular flexibility index (Phi) is 6.07. The largest absolute Gasteiger partial charge is 0.507 e. The van der Waals surface area contributed by atoms with Crippen molar-refractivity contribution in [2.24, 2.45) is 0 Å². The quantitative estimate of drug-likeness (QED) is 0.326. The number of carbonyl (C=O) groups excluding carboxylic acids is 3. The van der Waals surface area contributed by atoms with Crippen LogP contribution in [-0.4, -0.2) is 63.0 Å². The number of rotatable bonds is 4. The molecule has 42 heavy (non-hydrogen) atoms. The van der Waals surface area contributed by atoms with Crippen LogP contribution in [0.15, 0.2) is 55.0 Å². The summed E-state index contributed by atoms with van der Waals surface area (Å²) in [6, 6.07) is 11.0. The molecular formula is C33H31N3O6. The zero-order chi connectivity index (χ0) is 29.2. The van der Waals surface area contributed by atoms with Gasteiger partial charge in [0.1, 0.15) is 17.1 Å². The predicted octanol–water partition coefficient (Wildman–Crippen LogP) is 5.48. The average Bonchev–Trinajstić information content (AvgIpc) is 3.79. The Labute approximate surface area is 242 Å². The minimum atomic E-state index is -0.668. The van der Waals surface area contributed by atoms with Gasteiger partial charge in [0.2, 0.25) is 0 Å². The van der Waals surface area contributed by atoms with Gasteiger partial charge in [-0.15, -0.1) is 0 Å². The SMILES string of the molecule is COC(=O)c1cncc(-c2ccc3c(c2)C(=O)CC2(CCN(C(=O)c4cc(O)c5c(C)cn(C6CC6)c5c4)CC2)O3)c1. The summed E-state index contributed by atoms with van der Waals surface area (Å²) >= 11 is 0. The fraction of sp³-hybridized carbons (Fsp3) is 0.333. The van der Waals surface area contributed by atoms with E-state index in [1.165, 1.54) is 13.3 Å². The van der Waals surface area contributed by atoms with E-state index < -0.39 is 11.6 Å². The molecule has 0 unspecified atom stereocenters. The number of aromatic hydroxyl groups is 1. The summed E-state index contributed by atoms with van der Waals surface area (Å²) in [5, 5.41) is 11.6. The van der Waals surface area contributed by atoms with E-state index in [-0.39, 0.29) is 23.9 Å². The van der Waals surface area contributed by atoms with Crippen molar-refractivity contribution in [3.63, 3.8) is 0 Å². The monoisotopic (exact) mass is 565 g/mol. The van der Waals surface area contributed by atoms with E-state index >= 15 is 0 Å². The summed E-state index contributed by atoms with van der Waals surface area (Å²) in [6.07, 6.45) is 8.65. The molecule has 3 aliphatic rings. The van der Waals surface area contributed by atoms with E-state index in [0.717, 1.165) is 34.9 Å². The van der Waals surface area contributed by atoms with Crippen molar-refractivity contribution in [3.8, 4) is 22.6 Å². The number of hydrogen-bond acceptors (Lipinski definition) is 7. The summed E-state index contributed by atoms with van der Waals surface area (Å²) in [6.45, 7) is 2.89. The van der Waals surface area contributed by atoms with Crippen LogP contribution in [-0.2, 0) is 4.74 Å². The second kappa shape index (κ2) is 9.72. The van der Waals surface area contributed by atoms with Crippen LogP contribution < -0.4 is 4.74 Å². The first-order chi connectivity index (χ1) is 20.2. The molecule has 7 rings (SSSR count). The third-order valence-corrected chi connectivity index (χ3v) is 8.83. The molecule has 4 aromatic rings. The third kappa shape index (κ3) is 4.40. The zero-order valence-electron chi connectivity index (χ0n) is 23.6. The molecule has 1 amide bonds. The molecule has 9 nitrogen and oxygen atoms in total. The summed E-state index contributed by atoms with van der Waals surface area (Å²) in [5.41, 5.74) is 3.99. The number of aryl methyl sites for hydroxylation is 1. The minimum Gasteiger partial charge on any atom is -0.507 e. The number of esters is 1. The molecule has 2 aromatic carbocycles. The highest BCUT2D eigenvalue weighted by Crippen LogP contribution is 2.43. The van der Waals surface area contributed by atoms with Crippen molar-refractivity contribution in [1.29, 1.82) is 0 Å². The fourth-order valence-electron chi connectivity index (χ4n) is 6.42. The summed E-state index contributed by atoms with van der Waals surface area (Å²) in [7, 11) is 1.32. The van der Waals surface area contributed by atoms with Crippen molar-refractivity contribution in [2.45, 2.75) is 50.7 Å². The fourth-order valence-corrected chi connectivity index (χ4v) is 6.42. The highest BCUT2D eigenvalue weighted by atomic mass is 16.5. The first-order valence-corrected chi connectivity index (χ1v) is 14.3. The number of phenolic OH excluding ortho intramolecular Hbond substituents is 1. The number of benzene rings is 2. The number of ketones is 1. The van der Waals surface area contributed by atoms with E-state index in [1.54, 1.807) is 35.4 Å². The second-order valence-corrected chi connectivity index (χ2v) is 11.7. The minimum absolute atomic E-state index is 0.0125. The molecule has 2 aliphatic heterocycles. The van der Waals surface area contributed by atoms with Gasteiger partial charge in [-0.25, -0.2) is 4.79 Å². The standard InChI is InChI=1S/C33H31N3O6/c1-19-18-36(24-4-5-24)26-13-21(14-27(37)30(19)26)31(39)35-9-7-33(8-10-35)15-28(38)25-12-20(3-6-29(25)42-33)22-11-23(17-34-16-22)32(40)41-2/h3,6,11-14,16-18,24,37H,4-5,7-10,15H2,1-2H3. The summed E-state index contributed by atoms with van der Waals surface area (Å²) in [5.74, 6) is 0.0400. The number of pyridine rings is 1. The van der Waals surface area contributed by atoms with Crippen molar-refractivity contribution in [1.82, 2.24) is 14.5 Å². The number of hydrogen-bond donors (Lipinski definition) is 1. The van der Waals surface area contributed by atoms with E-state index in [2.05, 4.69) is 15.7 Å². The van der Waals surface area contributed by atoms with E-state index in [0.29, 0.717) is 60.0 Å². The molecule has 0 radical (unpaired) electrons. The van der Waals surface area contributed by atoms with Crippen LogP contribution in [0.3, 0.4) is 0 Å². The first kappa shape index (κ1) is 26.3. The topological polar surface area (TPSA) is 111 Å². The lowest BCUT2D eigenvalue weighted by Gasteiger charge is -2.44. The van der Waals surface area contributed by atoms with Crippen LogP contribution in [0, 0.1) is 6.92 Å². The molecule has 0 bridgehead atoms. The lowest BCUT2D eigenvalue weighted by atomic mass is 9.82. The van der Waals surface area contributed by atoms with Gasteiger partial charge >= 0.3 is 5.97 Å². The van der Waals surface area contributed by atoms with E-state index in [9.17, 15) is 19.5 Å². The number of phenols is 1. The van der Waals surface area contributed by atoms with Crippen molar-refractivity contribution < 1.29 is 29.0 Å². The number of amides is 1. The van der Waals surface area contributed by atoms with Crippen LogP contribution in [0.2, 0.25) is 0 Å². The average molecular weight is 566 g/mol. The molecule has 2 fully saturated rings. The molecule has 1 saturated heterocycles. The van der Waals surface area contributed by atoms with Crippen molar-refractivity contribution >= 4 is 28.6 Å². The molecule has 9 heteroatoms. The highest BCUT2D eigenvalue weighted by molar-refractivity contribution is 6.02. The molecule has 2 aromatic heterocycles. The van der Waals surface area contributed by atoms with Crippen LogP contribution in [0.5, 0.6) is 11.5 Å². The molecular weight excluding hydrogens is 534 g/mol. The molecule has 4 heterocycles. The van der Waals surface area contributed by atoms with Gasteiger partial charge in [-0.2, -0.15) is 0 Å². The number of fused-ring (bicyclic) bond motifs is 2. The predicted molar refractivity (Wildman–Crippen MR) is 155 cm³/mol. The maximum atomic E-state index is 13.6. The molecule has 0 atom stereocenters. The van der Waals surface area contributed by atoms with Gasteiger partial charge in [-0.05, 0) is 61.2 Å². The Hall–Kier alpha value is -4.66. The van der Waals surface area contributed by atoms with E-state index in [4.69, 9.17) is 9.47 Å². The number of aromatic nitrogens is 2. The van der Waals surface area contributed by atoms with Gasteiger partial charge < -0.3 is 24.0 Å². The Balaban J connectivity index is 1.08.